The van der Waals surface area contributed by atoms with Gasteiger partial charge in [0.05, 0.1) is 17.5 Å². The molecule has 0 aromatic heterocycles. The third-order valence-corrected chi connectivity index (χ3v) is 7.50. The molecule has 0 radical (unpaired) electrons. The monoisotopic (exact) mass is 402 g/mol. The molecule has 4 aliphatic rings. The highest BCUT2D eigenvalue weighted by Crippen LogP contribution is 2.52. The van der Waals surface area contributed by atoms with Crippen molar-refractivity contribution in [3.8, 4) is 0 Å². The largest absolute Gasteiger partial charge is 0.449 e. The molecule has 1 amide bonds. The van der Waals surface area contributed by atoms with Gasteiger partial charge in [0.1, 0.15) is 0 Å². The predicted molar refractivity (Wildman–Crippen MR) is 114 cm³/mol. The summed E-state index contributed by atoms with van der Waals surface area (Å²) < 4.78 is 5.83. The molecule has 1 aliphatic carbocycles. The number of benzene rings is 2. The number of fused-ring (bicyclic) bond motifs is 2. The fourth-order valence-corrected chi connectivity index (χ4v) is 5.62. The molecule has 3 heterocycles. The van der Waals surface area contributed by atoms with E-state index in [4.69, 9.17) is 4.74 Å². The summed E-state index contributed by atoms with van der Waals surface area (Å²) in [6.45, 7) is 3.34. The molecular weight excluding hydrogens is 376 g/mol. The smallest absolute Gasteiger partial charge is 0.339 e. The number of anilines is 1. The zero-order valence-electron chi connectivity index (χ0n) is 17.1. The SMILES string of the molecule is O=C1OC2(CCN(C(=O)C3(c4ccc(N5CCCC5)cc4)CC3)C2)c2ccccc21. The van der Waals surface area contributed by atoms with E-state index in [1.807, 2.05) is 29.2 Å². The van der Waals surface area contributed by atoms with E-state index in [9.17, 15) is 9.59 Å². The van der Waals surface area contributed by atoms with Crippen LogP contribution >= 0.6 is 0 Å². The van der Waals surface area contributed by atoms with E-state index in [-0.39, 0.29) is 11.9 Å². The van der Waals surface area contributed by atoms with Gasteiger partial charge in [-0.25, -0.2) is 4.79 Å². The van der Waals surface area contributed by atoms with Gasteiger partial charge in [0.25, 0.3) is 0 Å². The maximum Gasteiger partial charge on any atom is 0.339 e. The van der Waals surface area contributed by atoms with Crippen LogP contribution in [-0.2, 0) is 20.5 Å². The van der Waals surface area contributed by atoms with Crippen LogP contribution < -0.4 is 4.90 Å². The van der Waals surface area contributed by atoms with Gasteiger partial charge in [0.15, 0.2) is 5.60 Å². The van der Waals surface area contributed by atoms with E-state index in [0.29, 0.717) is 25.1 Å². The van der Waals surface area contributed by atoms with Crippen molar-refractivity contribution >= 4 is 17.6 Å². The molecule has 2 aromatic rings. The zero-order valence-corrected chi connectivity index (χ0v) is 17.1. The quantitative estimate of drug-likeness (QED) is 0.736. The Kier molecular flexibility index (Phi) is 3.80. The van der Waals surface area contributed by atoms with E-state index in [1.165, 1.54) is 18.5 Å². The molecule has 154 valence electrons. The van der Waals surface area contributed by atoms with Crippen LogP contribution in [0.15, 0.2) is 48.5 Å². The molecule has 1 unspecified atom stereocenters. The third-order valence-electron chi connectivity index (χ3n) is 7.50. The molecule has 0 N–H and O–H groups in total. The minimum Gasteiger partial charge on any atom is -0.449 e. The number of rotatable bonds is 3. The highest BCUT2D eigenvalue weighted by Gasteiger charge is 2.57. The number of hydrogen-bond acceptors (Lipinski definition) is 4. The summed E-state index contributed by atoms with van der Waals surface area (Å²) in [5.74, 6) is -0.0766. The molecule has 1 saturated carbocycles. The standard InChI is InChI=1S/C25H26N2O3/c28-22-20-5-1-2-6-21(20)25(30-22)13-16-27(17-25)23(29)24(11-12-24)18-7-9-19(10-8-18)26-14-3-4-15-26/h1-2,5-10H,3-4,11-17H2. The molecule has 6 rings (SSSR count). The first-order valence-corrected chi connectivity index (χ1v) is 11.1. The summed E-state index contributed by atoms with van der Waals surface area (Å²) in [4.78, 5) is 30.3. The topological polar surface area (TPSA) is 49.9 Å². The second-order valence-corrected chi connectivity index (χ2v) is 9.23. The summed E-state index contributed by atoms with van der Waals surface area (Å²) in [7, 11) is 0. The molecule has 2 aromatic carbocycles. The van der Waals surface area contributed by atoms with Crippen molar-refractivity contribution in [2.24, 2.45) is 0 Å². The van der Waals surface area contributed by atoms with Crippen molar-refractivity contribution in [3.05, 3.63) is 65.2 Å². The Morgan fingerprint density at radius 2 is 1.63 bits per heavy atom. The number of nitrogens with zero attached hydrogens (tertiary/aromatic N) is 2. The Balaban J connectivity index is 1.23. The van der Waals surface area contributed by atoms with Gasteiger partial charge in [-0.1, -0.05) is 30.3 Å². The Morgan fingerprint density at radius 3 is 2.37 bits per heavy atom. The molecule has 5 nitrogen and oxygen atoms in total. The molecule has 30 heavy (non-hydrogen) atoms. The summed E-state index contributed by atoms with van der Waals surface area (Å²) in [5.41, 5.74) is 2.90. The average molecular weight is 402 g/mol. The number of carbonyl (C=O) groups excluding carboxylic acids is 2. The molecular formula is C25H26N2O3. The van der Waals surface area contributed by atoms with Crippen LogP contribution in [-0.4, -0.2) is 43.0 Å². The van der Waals surface area contributed by atoms with E-state index < -0.39 is 11.0 Å². The van der Waals surface area contributed by atoms with Crippen LogP contribution in [0.5, 0.6) is 0 Å². The van der Waals surface area contributed by atoms with Crippen molar-refractivity contribution < 1.29 is 14.3 Å². The molecule has 0 bridgehead atoms. The highest BCUT2D eigenvalue weighted by atomic mass is 16.6. The zero-order chi connectivity index (χ0) is 20.3. The number of hydrogen-bond donors (Lipinski definition) is 0. The Hall–Kier alpha value is -2.82. The Labute approximate surface area is 176 Å². The van der Waals surface area contributed by atoms with Crippen LogP contribution in [0, 0.1) is 0 Å². The van der Waals surface area contributed by atoms with E-state index >= 15 is 0 Å². The second kappa shape index (κ2) is 6.34. The molecule has 3 aliphatic heterocycles. The number of ether oxygens (including phenoxy) is 1. The maximum atomic E-state index is 13.6. The Morgan fingerprint density at radius 1 is 0.900 bits per heavy atom. The van der Waals surface area contributed by atoms with Crippen LogP contribution in [0.2, 0.25) is 0 Å². The maximum absolute atomic E-state index is 13.6. The first-order chi connectivity index (χ1) is 14.6. The van der Waals surface area contributed by atoms with Gasteiger partial charge < -0.3 is 14.5 Å². The number of likely N-dealkylation sites (tertiary alicyclic amines) is 1. The first kappa shape index (κ1) is 18.0. The lowest BCUT2D eigenvalue weighted by atomic mass is 9.91. The lowest BCUT2D eigenvalue weighted by Crippen LogP contribution is -2.40. The van der Waals surface area contributed by atoms with E-state index in [0.717, 1.165) is 37.1 Å². The molecule has 5 heteroatoms. The molecule has 1 atom stereocenters. The van der Waals surface area contributed by atoms with Gasteiger partial charge in [-0.3, -0.25) is 4.79 Å². The predicted octanol–water partition coefficient (Wildman–Crippen LogP) is 3.62. The lowest BCUT2D eigenvalue weighted by molar-refractivity contribution is -0.134. The highest BCUT2D eigenvalue weighted by molar-refractivity contribution is 5.96. The second-order valence-electron chi connectivity index (χ2n) is 9.23. The minimum absolute atomic E-state index is 0.189. The van der Waals surface area contributed by atoms with Crippen molar-refractivity contribution in [3.63, 3.8) is 0 Å². The normalized spacial score (nSPS) is 26.2. The summed E-state index contributed by atoms with van der Waals surface area (Å²) in [6, 6.07) is 16.2. The lowest BCUT2D eigenvalue weighted by Gasteiger charge is -2.27. The number of esters is 1. The average Bonchev–Trinajstić information content (AvgIpc) is 3.13. The first-order valence-electron chi connectivity index (χ1n) is 11.1. The van der Waals surface area contributed by atoms with Crippen LogP contribution in [0.4, 0.5) is 5.69 Å². The van der Waals surface area contributed by atoms with Crippen LogP contribution in [0.25, 0.3) is 0 Å². The van der Waals surface area contributed by atoms with Crippen molar-refractivity contribution in [1.29, 1.82) is 0 Å². The van der Waals surface area contributed by atoms with Crippen molar-refractivity contribution in [2.45, 2.75) is 43.1 Å². The molecule has 3 fully saturated rings. The summed E-state index contributed by atoms with van der Waals surface area (Å²) in [5, 5.41) is 0. The van der Waals surface area contributed by atoms with Crippen LogP contribution in [0.1, 0.15) is 53.6 Å². The van der Waals surface area contributed by atoms with Crippen LogP contribution in [0.3, 0.4) is 0 Å². The number of carbonyl (C=O) groups is 2. The fourth-order valence-electron chi connectivity index (χ4n) is 5.62. The Bertz CT molecular complexity index is 1020. The minimum atomic E-state index is -0.668. The van der Waals surface area contributed by atoms with Gasteiger partial charge >= 0.3 is 5.97 Å². The van der Waals surface area contributed by atoms with Gasteiger partial charge in [-0.05, 0) is 49.4 Å². The van der Waals surface area contributed by atoms with Gasteiger partial charge in [0, 0.05) is 37.3 Å². The van der Waals surface area contributed by atoms with Gasteiger partial charge in [0.2, 0.25) is 5.91 Å². The van der Waals surface area contributed by atoms with Gasteiger partial charge in [-0.2, -0.15) is 0 Å². The van der Waals surface area contributed by atoms with Crippen molar-refractivity contribution in [1.82, 2.24) is 4.90 Å². The van der Waals surface area contributed by atoms with Crippen molar-refractivity contribution in [2.75, 3.05) is 31.1 Å². The molecule has 2 saturated heterocycles. The third kappa shape index (κ3) is 2.54. The fraction of sp³-hybridized carbons (Fsp3) is 0.440. The molecule has 1 spiro atoms. The summed E-state index contributed by atoms with van der Waals surface area (Å²) >= 11 is 0. The van der Waals surface area contributed by atoms with E-state index in [2.05, 4.69) is 29.2 Å². The number of amides is 1. The summed E-state index contributed by atoms with van der Waals surface area (Å²) in [6.07, 6.45) is 4.98. The van der Waals surface area contributed by atoms with Gasteiger partial charge in [-0.15, -0.1) is 0 Å². The van der Waals surface area contributed by atoms with E-state index in [1.54, 1.807) is 0 Å².